The van der Waals surface area contributed by atoms with E-state index in [1.165, 1.54) is 9.80 Å². The number of carboxylic acids is 2. The fourth-order valence-electron chi connectivity index (χ4n) is 4.31. The first-order chi connectivity index (χ1) is 19.6. The van der Waals surface area contributed by atoms with Crippen molar-refractivity contribution in [2.75, 3.05) is 24.5 Å². The van der Waals surface area contributed by atoms with Gasteiger partial charge in [0.05, 0.1) is 16.2 Å². The summed E-state index contributed by atoms with van der Waals surface area (Å²) in [5.41, 5.74) is 2.56. The molecule has 0 bridgehead atoms. The van der Waals surface area contributed by atoms with Crippen molar-refractivity contribution in [3.8, 4) is 0 Å². The number of aliphatic carboxylic acids is 2. The van der Waals surface area contributed by atoms with Gasteiger partial charge in [-0.1, -0.05) is 78.9 Å². The van der Waals surface area contributed by atoms with Gasteiger partial charge in [-0.25, -0.2) is 0 Å². The Bertz CT molecular complexity index is 1360. The number of benzene rings is 2. The number of thioether (sulfide) groups is 1. The molecule has 216 valence electrons. The number of carbonyl (C=O) groups excluding carboxylic acids is 3. The van der Waals surface area contributed by atoms with Gasteiger partial charge in [0.2, 0.25) is 5.91 Å². The van der Waals surface area contributed by atoms with E-state index in [9.17, 15) is 19.2 Å². The number of hydrogen-bond acceptors (Lipinski definition) is 7. The fourth-order valence-corrected chi connectivity index (χ4v) is 5.69. The van der Waals surface area contributed by atoms with E-state index in [2.05, 4.69) is 5.32 Å². The molecule has 1 fully saturated rings. The van der Waals surface area contributed by atoms with Crippen LogP contribution < -0.4 is 10.2 Å². The van der Waals surface area contributed by atoms with Crippen molar-refractivity contribution in [3.63, 3.8) is 0 Å². The minimum atomic E-state index is -0.844. The van der Waals surface area contributed by atoms with Gasteiger partial charge in [-0.15, -0.1) is 0 Å². The predicted octanol–water partition coefficient (Wildman–Crippen LogP) is 3.70. The maximum absolute atomic E-state index is 13.5. The first-order valence-corrected chi connectivity index (χ1v) is 14.2. The van der Waals surface area contributed by atoms with E-state index in [1.54, 1.807) is 24.3 Å². The third-order valence-electron chi connectivity index (χ3n) is 6.15. The quantitative estimate of drug-likeness (QED) is 0.201. The Morgan fingerprint density at radius 2 is 1.56 bits per heavy atom. The lowest BCUT2D eigenvalue weighted by Gasteiger charge is -2.17. The van der Waals surface area contributed by atoms with Gasteiger partial charge in [0, 0.05) is 32.0 Å². The first-order valence-electron chi connectivity index (χ1n) is 13.0. The van der Waals surface area contributed by atoms with Gasteiger partial charge in [0.1, 0.15) is 10.9 Å². The summed E-state index contributed by atoms with van der Waals surface area (Å²) in [4.78, 5) is 62.3. The fraction of sp³-hybridized carbons (Fsp3) is 0.310. The van der Waals surface area contributed by atoms with Crippen molar-refractivity contribution in [3.05, 3.63) is 70.6 Å². The van der Waals surface area contributed by atoms with Crippen molar-refractivity contribution in [2.24, 2.45) is 0 Å². The number of amides is 3. The zero-order valence-corrected chi connectivity index (χ0v) is 24.1. The highest BCUT2D eigenvalue weighted by Crippen LogP contribution is 2.44. The third kappa shape index (κ3) is 8.73. The number of para-hydroxylation sites is 1. The molecule has 10 nitrogen and oxygen atoms in total. The molecule has 3 N–H and O–H groups in total. The van der Waals surface area contributed by atoms with Crippen LogP contribution in [0, 0.1) is 0 Å². The minimum Gasteiger partial charge on any atom is -0.481 e. The smallest absolute Gasteiger partial charge is 0.303 e. The highest BCUT2D eigenvalue weighted by atomic mass is 32.2. The largest absolute Gasteiger partial charge is 0.481 e. The molecule has 0 aliphatic carbocycles. The van der Waals surface area contributed by atoms with Gasteiger partial charge in [0.25, 0.3) is 17.8 Å². The molecular weight excluding hydrogens is 566 g/mol. The number of carbonyl (C=O) groups is 5. The van der Waals surface area contributed by atoms with Crippen molar-refractivity contribution < 1.29 is 34.2 Å². The number of hydrogen-bond donors (Lipinski definition) is 3. The maximum atomic E-state index is 13.5. The van der Waals surface area contributed by atoms with Crippen LogP contribution in [-0.4, -0.2) is 68.7 Å². The monoisotopic (exact) mass is 597 g/mol. The van der Waals surface area contributed by atoms with E-state index >= 15 is 0 Å². The highest BCUT2D eigenvalue weighted by molar-refractivity contribution is 8.26. The molecule has 0 saturated carbocycles. The van der Waals surface area contributed by atoms with Crippen molar-refractivity contribution in [2.45, 2.75) is 39.0 Å². The van der Waals surface area contributed by atoms with Crippen LogP contribution in [0.15, 0.2) is 59.5 Å². The lowest BCUT2D eigenvalue weighted by molar-refractivity contribution is -0.137. The van der Waals surface area contributed by atoms with Gasteiger partial charge in [-0.3, -0.25) is 33.8 Å². The molecule has 0 spiro atoms. The molecule has 0 atom stereocenters. The molecular formula is C29H31N3O7S2. The summed E-state index contributed by atoms with van der Waals surface area (Å²) in [6.45, 7) is 1.74. The topological polar surface area (TPSA) is 144 Å². The Labute approximate surface area is 247 Å². The molecule has 2 aromatic carbocycles. The SMILES string of the molecule is CC(=O)O.O=C(O)CCCCCN1C(=O)/C(=C2\C(=O)N(CC(=O)NCCc3ccccc3)c3ccccc32)SC1=S. The van der Waals surface area contributed by atoms with Crippen LogP contribution >= 0.6 is 24.0 Å². The number of nitrogens with zero attached hydrogens (tertiary/aromatic N) is 2. The van der Waals surface area contributed by atoms with Crippen LogP contribution in [0.5, 0.6) is 0 Å². The second kappa shape index (κ2) is 15.1. The van der Waals surface area contributed by atoms with Crippen LogP contribution in [0.25, 0.3) is 5.57 Å². The van der Waals surface area contributed by atoms with Gasteiger partial charge >= 0.3 is 5.97 Å². The van der Waals surface area contributed by atoms with E-state index in [1.807, 2.05) is 30.3 Å². The van der Waals surface area contributed by atoms with Crippen molar-refractivity contribution >= 4 is 69.2 Å². The number of carboxylic acid groups (broad SMARTS) is 2. The summed E-state index contributed by atoms with van der Waals surface area (Å²) in [5.74, 6) is -2.70. The second-order valence-corrected chi connectivity index (χ2v) is 10.9. The summed E-state index contributed by atoms with van der Waals surface area (Å²) in [7, 11) is 0. The molecule has 2 aliphatic heterocycles. The van der Waals surface area contributed by atoms with Gasteiger partial charge < -0.3 is 15.5 Å². The summed E-state index contributed by atoms with van der Waals surface area (Å²) < 4.78 is 0.369. The molecule has 4 rings (SSSR count). The zero-order valence-electron chi connectivity index (χ0n) is 22.5. The first kappa shape index (κ1) is 31.5. The molecule has 1 saturated heterocycles. The molecule has 12 heteroatoms. The Hall–Kier alpha value is -4.03. The van der Waals surface area contributed by atoms with Crippen LogP contribution in [0.4, 0.5) is 5.69 Å². The summed E-state index contributed by atoms with van der Waals surface area (Å²) >= 11 is 6.52. The number of fused-ring (bicyclic) bond motifs is 1. The lowest BCUT2D eigenvalue weighted by atomic mass is 10.1. The molecule has 0 radical (unpaired) electrons. The van der Waals surface area contributed by atoms with Gasteiger partial charge in [-0.05, 0) is 30.9 Å². The summed E-state index contributed by atoms with van der Waals surface area (Å²) in [6.07, 6.45) is 2.57. The second-order valence-electron chi connectivity index (χ2n) is 9.25. The highest BCUT2D eigenvalue weighted by Gasteiger charge is 2.42. The lowest BCUT2D eigenvalue weighted by Crippen LogP contribution is -2.39. The Kier molecular flexibility index (Phi) is 11.6. The Balaban J connectivity index is 0.00000108. The van der Waals surface area contributed by atoms with E-state index < -0.39 is 17.8 Å². The van der Waals surface area contributed by atoms with Crippen molar-refractivity contribution in [1.29, 1.82) is 0 Å². The van der Waals surface area contributed by atoms with E-state index in [0.717, 1.165) is 24.2 Å². The number of nitrogens with one attached hydrogen (secondary N) is 1. The average molecular weight is 598 g/mol. The van der Waals surface area contributed by atoms with Crippen LogP contribution in [0.1, 0.15) is 43.7 Å². The molecule has 3 amide bonds. The Morgan fingerprint density at radius 3 is 2.24 bits per heavy atom. The van der Waals surface area contributed by atoms with Gasteiger partial charge in [-0.2, -0.15) is 0 Å². The van der Waals surface area contributed by atoms with Crippen molar-refractivity contribution in [1.82, 2.24) is 10.2 Å². The Morgan fingerprint density at radius 1 is 0.902 bits per heavy atom. The molecule has 0 aromatic heterocycles. The molecule has 0 unspecified atom stereocenters. The number of rotatable bonds is 11. The average Bonchev–Trinajstić information content (AvgIpc) is 3.35. The number of thiocarbonyl (C=S) groups is 1. The van der Waals surface area contributed by atoms with Gasteiger partial charge in [0.15, 0.2) is 0 Å². The molecule has 41 heavy (non-hydrogen) atoms. The predicted molar refractivity (Wildman–Crippen MR) is 160 cm³/mol. The standard InChI is InChI=1S/C27H27N3O5S2.C2H4O2/c31-21(28-15-14-18-9-3-1-4-10-18)17-30-20-12-7-6-11-19(20)23(25(30)34)24-26(35)29(27(36)37-24)16-8-2-5-13-22(32)33;1-2(3)4/h1,3-4,6-7,9-12H,2,5,8,13-17H2,(H,28,31)(H,32,33);1H3,(H,3,4)/b24-23+;. The summed E-state index contributed by atoms with van der Waals surface area (Å²) in [5, 5.41) is 19.1. The molecule has 2 heterocycles. The summed E-state index contributed by atoms with van der Waals surface area (Å²) in [6, 6.07) is 16.9. The maximum Gasteiger partial charge on any atom is 0.303 e. The zero-order chi connectivity index (χ0) is 29.9. The van der Waals surface area contributed by atoms with E-state index in [0.29, 0.717) is 54.3 Å². The van der Waals surface area contributed by atoms with E-state index in [-0.39, 0.29) is 35.3 Å². The number of anilines is 1. The van der Waals surface area contributed by atoms with Crippen LogP contribution in [-0.2, 0) is 30.4 Å². The van der Waals surface area contributed by atoms with Crippen LogP contribution in [0.2, 0.25) is 0 Å². The molecule has 2 aliphatic rings. The minimum absolute atomic E-state index is 0.0867. The normalized spacial score (nSPS) is 15.9. The molecule has 2 aromatic rings. The number of unbranched alkanes of at least 4 members (excludes halogenated alkanes) is 2. The third-order valence-corrected chi connectivity index (χ3v) is 7.60. The van der Waals surface area contributed by atoms with Crippen LogP contribution in [0.3, 0.4) is 0 Å². The van der Waals surface area contributed by atoms with E-state index in [4.69, 9.17) is 27.2 Å².